The highest BCUT2D eigenvalue weighted by atomic mass is 32.2. The average Bonchev–Trinajstić information content (AvgIpc) is 1.82. The molecule has 0 saturated carbocycles. The standard InChI is InChI=1S/C7H14O4S/c1-6-5-7(3-4-10-6)11-12(2,8)9/h6-7H,3-5H2,1-2H3/t6-,7+/m0/s1. The van der Waals surface area contributed by atoms with Crippen molar-refractivity contribution in [3.63, 3.8) is 0 Å². The zero-order chi connectivity index (χ0) is 9.19. The predicted molar refractivity (Wildman–Crippen MR) is 44.4 cm³/mol. The molecule has 1 saturated heterocycles. The summed E-state index contributed by atoms with van der Waals surface area (Å²) < 4.78 is 31.6. The Balaban J connectivity index is 2.43. The number of ether oxygens (including phenoxy) is 1. The minimum absolute atomic E-state index is 0.102. The first-order valence-electron chi connectivity index (χ1n) is 3.97. The van der Waals surface area contributed by atoms with Gasteiger partial charge in [-0.2, -0.15) is 8.42 Å². The maximum atomic E-state index is 10.7. The van der Waals surface area contributed by atoms with Crippen molar-refractivity contribution >= 4 is 10.1 Å². The SMILES string of the molecule is C[C@H]1C[C@H](OS(C)(=O)=O)CCO1. The maximum absolute atomic E-state index is 10.7. The van der Waals surface area contributed by atoms with Crippen LogP contribution in [0.5, 0.6) is 0 Å². The Morgan fingerprint density at radius 3 is 2.67 bits per heavy atom. The van der Waals surface area contributed by atoms with Crippen molar-refractivity contribution < 1.29 is 17.3 Å². The predicted octanol–water partition coefficient (Wildman–Crippen LogP) is 0.530. The molecule has 2 atom stereocenters. The zero-order valence-electron chi connectivity index (χ0n) is 7.32. The molecule has 0 N–H and O–H groups in total. The van der Waals surface area contributed by atoms with E-state index >= 15 is 0 Å². The van der Waals surface area contributed by atoms with E-state index in [1.54, 1.807) is 0 Å². The second kappa shape index (κ2) is 3.72. The molecular formula is C7H14O4S. The van der Waals surface area contributed by atoms with E-state index in [-0.39, 0.29) is 12.2 Å². The third kappa shape index (κ3) is 3.51. The van der Waals surface area contributed by atoms with E-state index in [9.17, 15) is 8.42 Å². The van der Waals surface area contributed by atoms with Crippen molar-refractivity contribution in [1.82, 2.24) is 0 Å². The van der Waals surface area contributed by atoms with Crippen LogP contribution < -0.4 is 0 Å². The first-order chi connectivity index (χ1) is 5.47. The highest BCUT2D eigenvalue weighted by Gasteiger charge is 2.22. The van der Waals surface area contributed by atoms with Gasteiger partial charge in [-0.05, 0) is 13.3 Å². The quantitative estimate of drug-likeness (QED) is 0.602. The molecule has 0 aromatic heterocycles. The second-order valence-corrected chi connectivity index (χ2v) is 4.73. The van der Waals surface area contributed by atoms with Gasteiger partial charge < -0.3 is 4.74 Å². The van der Waals surface area contributed by atoms with E-state index in [1.165, 1.54) is 0 Å². The molecule has 0 spiro atoms. The fraction of sp³-hybridized carbons (Fsp3) is 1.00. The van der Waals surface area contributed by atoms with Gasteiger partial charge in [0.1, 0.15) is 0 Å². The van der Waals surface area contributed by atoms with Gasteiger partial charge in [-0.3, -0.25) is 4.18 Å². The molecule has 0 unspecified atom stereocenters. The highest BCUT2D eigenvalue weighted by molar-refractivity contribution is 7.86. The zero-order valence-corrected chi connectivity index (χ0v) is 8.13. The van der Waals surface area contributed by atoms with Crippen LogP contribution >= 0.6 is 0 Å². The van der Waals surface area contributed by atoms with Crippen LogP contribution in [0.3, 0.4) is 0 Å². The van der Waals surface area contributed by atoms with Crippen LogP contribution in [0.1, 0.15) is 19.8 Å². The normalized spacial score (nSPS) is 31.8. The highest BCUT2D eigenvalue weighted by Crippen LogP contribution is 2.17. The topological polar surface area (TPSA) is 52.6 Å². The van der Waals surface area contributed by atoms with Crippen LogP contribution in [0.25, 0.3) is 0 Å². The van der Waals surface area contributed by atoms with Gasteiger partial charge in [-0.1, -0.05) is 0 Å². The van der Waals surface area contributed by atoms with Gasteiger partial charge in [-0.25, -0.2) is 0 Å². The molecule has 1 fully saturated rings. The monoisotopic (exact) mass is 194 g/mol. The molecule has 5 heteroatoms. The molecular weight excluding hydrogens is 180 g/mol. The van der Waals surface area contributed by atoms with Crippen LogP contribution in [0.4, 0.5) is 0 Å². The third-order valence-corrected chi connectivity index (χ3v) is 2.37. The Hall–Kier alpha value is -0.130. The Bertz CT molecular complexity index is 234. The Morgan fingerprint density at radius 2 is 2.17 bits per heavy atom. The van der Waals surface area contributed by atoms with E-state index < -0.39 is 10.1 Å². The lowest BCUT2D eigenvalue weighted by molar-refractivity contribution is -0.0229. The summed E-state index contributed by atoms with van der Waals surface area (Å²) in [6.45, 7) is 2.50. The molecule has 0 radical (unpaired) electrons. The summed E-state index contributed by atoms with van der Waals surface area (Å²) in [6.07, 6.45) is 2.31. The molecule has 1 aliphatic rings. The van der Waals surface area contributed by atoms with E-state index in [0.29, 0.717) is 19.4 Å². The average molecular weight is 194 g/mol. The molecule has 0 bridgehead atoms. The van der Waals surface area contributed by atoms with Gasteiger partial charge in [0.2, 0.25) is 0 Å². The van der Waals surface area contributed by atoms with Crippen molar-refractivity contribution in [3.8, 4) is 0 Å². The Morgan fingerprint density at radius 1 is 1.50 bits per heavy atom. The molecule has 0 aromatic carbocycles. The Labute approximate surface area is 73.0 Å². The number of hydrogen-bond acceptors (Lipinski definition) is 4. The van der Waals surface area contributed by atoms with Crippen molar-refractivity contribution in [2.45, 2.75) is 32.0 Å². The van der Waals surface area contributed by atoms with Gasteiger partial charge in [0.15, 0.2) is 0 Å². The van der Waals surface area contributed by atoms with E-state index in [2.05, 4.69) is 0 Å². The van der Waals surface area contributed by atoms with Gasteiger partial charge in [0.25, 0.3) is 10.1 Å². The Kier molecular flexibility index (Phi) is 3.09. The van der Waals surface area contributed by atoms with Crippen molar-refractivity contribution in [2.24, 2.45) is 0 Å². The lowest BCUT2D eigenvalue weighted by Crippen LogP contribution is -2.30. The van der Waals surface area contributed by atoms with Gasteiger partial charge in [0.05, 0.1) is 18.5 Å². The largest absolute Gasteiger partial charge is 0.378 e. The molecule has 72 valence electrons. The molecule has 0 aliphatic carbocycles. The number of rotatable bonds is 2. The molecule has 0 aromatic rings. The summed E-state index contributed by atoms with van der Waals surface area (Å²) in [6, 6.07) is 0. The summed E-state index contributed by atoms with van der Waals surface area (Å²) in [7, 11) is -3.30. The molecule has 1 aliphatic heterocycles. The van der Waals surface area contributed by atoms with Crippen LogP contribution in [0, 0.1) is 0 Å². The minimum Gasteiger partial charge on any atom is -0.378 e. The summed E-state index contributed by atoms with van der Waals surface area (Å²) in [5, 5.41) is 0. The summed E-state index contributed by atoms with van der Waals surface area (Å²) >= 11 is 0. The van der Waals surface area contributed by atoms with Gasteiger partial charge >= 0.3 is 0 Å². The van der Waals surface area contributed by atoms with Crippen LogP contribution in [-0.4, -0.2) is 33.5 Å². The molecule has 0 amide bonds. The third-order valence-electron chi connectivity index (χ3n) is 1.75. The first kappa shape index (κ1) is 9.95. The second-order valence-electron chi connectivity index (χ2n) is 3.13. The van der Waals surface area contributed by atoms with E-state index in [1.807, 2.05) is 6.92 Å². The fourth-order valence-electron chi connectivity index (χ4n) is 1.29. The molecule has 1 rings (SSSR count). The fourth-order valence-corrected chi connectivity index (χ4v) is 1.96. The van der Waals surface area contributed by atoms with Crippen LogP contribution in [0.15, 0.2) is 0 Å². The number of hydrogen-bond donors (Lipinski definition) is 0. The molecule has 4 nitrogen and oxygen atoms in total. The maximum Gasteiger partial charge on any atom is 0.264 e. The summed E-state index contributed by atoms with van der Waals surface area (Å²) in [5.41, 5.74) is 0. The van der Waals surface area contributed by atoms with E-state index in [0.717, 1.165) is 6.26 Å². The van der Waals surface area contributed by atoms with Crippen LogP contribution in [-0.2, 0) is 19.0 Å². The van der Waals surface area contributed by atoms with Gasteiger partial charge in [-0.15, -0.1) is 0 Å². The van der Waals surface area contributed by atoms with Crippen LogP contribution in [0.2, 0.25) is 0 Å². The minimum atomic E-state index is -3.30. The van der Waals surface area contributed by atoms with Crippen molar-refractivity contribution in [1.29, 1.82) is 0 Å². The van der Waals surface area contributed by atoms with Crippen molar-refractivity contribution in [2.75, 3.05) is 12.9 Å². The van der Waals surface area contributed by atoms with Crippen molar-refractivity contribution in [3.05, 3.63) is 0 Å². The summed E-state index contributed by atoms with van der Waals surface area (Å²) in [5.74, 6) is 0. The van der Waals surface area contributed by atoms with Gasteiger partial charge in [0, 0.05) is 13.0 Å². The molecule has 12 heavy (non-hydrogen) atoms. The molecule has 1 heterocycles. The smallest absolute Gasteiger partial charge is 0.264 e. The first-order valence-corrected chi connectivity index (χ1v) is 5.79. The van der Waals surface area contributed by atoms with E-state index in [4.69, 9.17) is 8.92 Å². The lowest BCUT2D eigenvalue weighted by Gasteiger charge is -2.25. The summed E-state index contributed by atoms with van der Waals surface area (Å²) in [4.78, 5) is 0. The lowest BCUT2D eigenvalue weighted by atomic mass is 10.1.